The van der Waals surface area contributed by atoms with E-state index in [0.717, 1.165) is 37.4 Å². The molecule has 2 aromatic carbocycles. The number of amides is 2. The maximum Gasteiger partial charge on any atom is 0.238 e. The lowest BCUT2D eigenvalue weighted by Crippen LogP contribution is -2.47. The number of anilines is 1. The zero-order valence-electron chi connectivity index (χ0n) is 16.9. The molecular weight excluding hydrogens is 382 g/mol. The second-order valence-corrected chi connectivity index (χ2v) is 8.50. The van der Waals surface area contributed by atoms with E-state index >= 15 is 0 Å². The van der Waals surface area contributed by atoms with E-state index in [1.165, 1.54) is 11.1 Å². The van der Waals surface area contributed by atoms with Gasteiger partial charge in [0.2, 0.25) is 11.8 Å². The van der Waals surface area contributed by atoms with Crippen LogP contribution in [0, 0.1) is 6.92 Å². The SMILES string of the molecule is Cc1cccc(CSCC(=O)NC2CCN(CC(=O)Nc3ccccc3)CC2)c1. The zero-order valence-corrected chi connectivity index (χ0v) is 17.7. The lowest BCUT2D eigenvalue weighted by Gasteiger charge is -2.31. The third-order valence-electron chi connectivity index (χ3n) is 4.96. The number of hydrogen-bond donors (Lipinski definition) is 2. The molecule has 0 radical (unpaired) electrons. The number of para-hydroxylation sites is 1. The van der Waals surface area contributed by atoms with Crippen molar-refractivity contribution in [3.05, 3.63) is 65.7 Å². The predicted octanol–water partition coefficient (Wildman–Crippen LogP) is 3.45. The number of carbonyl (C=O) groups excluding carboxylic acids is 2. The van der Waals surface area contributed by atoms with Crippen molar-refractivity contribution in [3.63, 3.8) is 0 Å². The molecule has 1 heterocycles. The van der Waals surface area contributed by atoms with E-state index in [1.807, 2.05) is 30.3 Å². The first kappa shape index (κ1) is 21.4. The Morgan fingerprint density at radius 3 is 2.52 bits per heavy atom. The Morgan fingerprint density at radius 2 is 1.79 bits per heavy atom. The number of rotatable bonds is 8. The van der Waals surface area contributed by atoms with Crippen LogP contribution in [0.4, 0.5) is 5.69 Å². The molecule has 2 aromatic rings. The predicted molar refractivity (Wildman–Crippen MR) is 120 cm³/mol. The Labute approximate surface area is 177 Å². The van der Waals surface area contributed by atoms with Crippen LogP contribution in [-0.2, 0) is 15.3 Å². The highest BCUT2D eigenvalue weighted by atomic mass is 32.2. The summed E-state index contributed by atoms with van der Waals surface area (Å²) in [5, 5.41) is 6.06. The van der Waals surface area contributed by atoms with Gasteiger partial charge in [-0.2, -0.15) is 0 Å². The molecule has 1 aliphatic rings. The minimum Gasteiger partial charge on any atom is -0.353 e. The van der Waals surface area contributed by atoms with Crippen LogP contribution < -0.4 is 10.6 Å². The topological polar surface area (TPSA) is 61.4 Å². The zero-order chi connectivity index (χ0) is 20.5. The summed E-state index contributed by atoms with van der Waals surface area (Å²) in [4.78, 5) is 26.5. The first-order chi connectivity index (χ1) is 14.1. The summed E-state index contributed by atoms with van der Waals surface area (Å²) >= 11 is 1.65. The third kappa shape index (κ3) is 7.55. The van der Waals surface area contributed by atoms with Gasteiger partial charge in [-0.3, -0.25) is 14.5 Å². The molecule has 6 heteroatoms. The highest BCUT2D eigenvalue weighted by Crippen LogP contribution is 2.15. The molecule has 0 aliphatic carbocycles. The smallest absolute Gasteiger partial charge is 0.238 e. The first-order valence-electron chi connectivity index (χ1n) is 10.1. The van der Waals surface area contributed by atoms with Gasteiger partial charge >= 0.3 is 0 Å². The van der Waals surface area contributed by atoms with Crippen molar-refractivity contribution < 1.29 is 9.59 Å². The first-order valence-corrected chi connectivity index (χ1v) is 11.2. The van der Waals surface area contributed by atoms with Crippen LogP contribution in [0.25, 0.3) is 0 Å². The van der Waals surface area contributed by atoms with E-state index in [0.29, 0.717) is 12.3 Å². The molecule has 5 nitrogen and oxygen atoms in total. The van der Waals surface area contributed by atoms with Crippen molar-refractivity contribution in [1.29, 1.82) is 0 Å². The fourth-order valence-corrected chi connectivity index (χ4v) is 4.28. The van der Waals surface area contributed by atoms with Gasteiger partial charge in [0.05, 0.1) is 12.3 Å². The lowest BCUT2D eigenvalue weighted by molar-refractivity contribution is -0.120. The summed E-state index contributed by atoms with van der Waals surface area (Å²) in [7, 11) is 0. The Morgan fingerprint density at radius 1 is 1.03 bits per heavy atom. The van der Waals surface area contributed by atoms with Crippen LogP contribution >= 0.6 is 11.8 Å². The molecule has 0 aromatic heterocycles. The molecule has 1 saturated heterocycles. The Kier molecular flexibility index (Phi) is 8.14. The van der Waals surface area contributed by atoms with E-state index in [4.69, 9.17) is 0 Å². The van der Waals surface area contributed by atoms with Crippen molar-refractivity contribution in [2.45, 2.75) is 31.6 Å². The van der Waals surface area contributed by atoms with Crippen molar-refractivity contribution >= 4 is 29.3 Å². The number of nitrogens with zero attached hydrogens (tertiary/aromatic N) is 1. The largest absolute Gasteiger partial charge is 0.353 e. The fourth-order valence-electron chi connectivity index (χ4n) is 3.49. The maximum absolute atomic E-state index is 12.2. The number of likely N-dealkylation sites (tertiary alicyclic amines) is 1. The molecular formula is C23H29N3O2S. The van der Waals surface area contributed by atoms with Gasteiger partial charge in [0.1, 0.15) is 0 Å². The molecule has 29 heavy (non-hydrogen) atoms. The molecule has 0 saturated carbocycles. The Bertz CT molecular complexity index is 805. The van der Waals surface area contributed by atoms with E-state index in [1.54, 1.807) is 11.8 Å². The molecule has 2 amide bonds. The molecule has 2 N–H and O–H groups in total. The highest BCUT2D eigenvalue weighted by molar-refractivity contribution is 7.99. The van der Waals surface area contributed by atoms with Gasteiger partial charge in [-0.05, 0) is 37.5 Å². The number of carbonyl (C=O) groups is 2. The molecule has 1 fully saturated rings. The summed E-state index contributed by atoms with van der Waals surface area (Å²) in [6, 6.07) is 18.1. The summed E-state index contributed by atoms with van der Waals surface area (Å²) in [6.45, 7) is 4.12. The second kappa shape index (κ2) is 11.0. The van der Waals surface area contributed by atoms with Crippen molar-refractivity contribution in [3.8, 4) is 0 Å². The normalized spacial score (nSPS) is 15.1. The van der Waals surface area contributed by atoms with Gasteiger partial charge < -0.3 is 10.6 Å². The number of hydrogen-bond acceptors (Lipinski definition) is 4. The summed E-state index contributed by atoms with van der Waals surface area (Å²) in [5.74, 6) is 1.44. The molecule has 154 valence electrons. The van der Waals surface area contributed by atoms with Crippen LogP contribution in [-0.4, -0.2) is 48.1 Å². The average Bonchev–Trinajstić information content (AvgIpc) is 2.70. The van der Waals surface area contributed by atoms with Gasteiger partial charge in [0.15, 0.2) is 0 Å². The van der Waals surface area contributed by atoms with Gasteiger partial charge in [-0.1, -0.05) is 48.0 Å². The minimum absolute atomic E-state index is 0.00577. The Balaban J connectivity index is 1.31. The van der Waals surface area contributed by atoms with Crippen LogP contribution in [0.2, 0.25) is 0 Å². The van der Waals surface area contributed by atoms with Crippen molar-refractivity contribution in [2.24, 2.45) is 0 Å². The van der Waals surface area contributed by atoms with E-state index in [-0.39, 0.29) is 17.9 Å². The quantitative estimate of drug-likeness (QED) is 0.699. The molecule has 0 spiro atoms. The van der Waals surface area contributed by atoms with Gasteiger partial charge in [-0.25, -0.2) is 0 Å². The van der Waals surface area contributed by atoms with E-state index in [2.05, 4.69) is 46.7 Å². The number of thioether (sulfide) groups is 1. The Hall–Kier alpha value is -2.31. The molecule has 0 unspecified atom stereocenters. The standard InChI is InChI=1S/C23H29N3O2S/c1-18-6-5-7-19(14-18)16-29-17-23(28)25-21-10-12-26(13-11-21)15-22(27)24-20-8-3-2-4-9-20/h2-9,14,21H,10-13,15-17H2,1H3,(H,24,27)(H,25,28). The maximum atomic E-state index is 12.2. The lowest BCUT2D eigenvalue weighted by atomic mass is 10.1. The van der Waals surface area contributed by atoms with Crippen LogP contribution in [0.1, 0.15) is 24.0 Å². The van der Waals surface area contributed by atoms with Crippen LogP contribution in [0.3, 0.4) is 0 Å². The van der Waals surface area contributed by atoms with Gasteiger partial charge in [0.25, 0.3) is 0 Å². The molecule has 0 atom stereocenters. The second-order valence-electron chi connectivity index (χ2n) is 7.51. The monoisotopic (exact) mass is 411 g/mol. The van der Waals surface area contributed by atoms with Gasteiger partial charge in [0, 0.05) is 30.6 Å². The third-order valence-corrected chi connectivity index (χ3v) is 5.97. The number of nitrogens with one attached hydrogen (secondary N) is 2. The average molecular weight is 412 g/mol. The summed E-state index contributed by atoms with van der Waals surface area (Å²) in [6.07, 6.45) is 1.76. The summed E-state index contributed by atoms with van der Waals surface area (Å²) in [5.41, 5.74) is 3.32. The van der Waals surface area contributed by atoms with Crippen molar-refractivity contribution in [1.82, 2.24) is 10.2 Å². The summed E-state index contributed by atoms with van der Waals surface area (Å²) < 4.78 is 0. The van der Waals surface area contributed by atoms with Gasteiger partial charge in [-0.15, -0.1) is 11.8 Å². The highest BCUT2D eigenvalue weighted by Gasteiger charge is 2.22. The number of piperidine rings is 1. The van der Waals surface area contributed by atoms with Crippen molar-refractivity contribution in [2.75, 3.05) is 30.7 Å². The van der Waals surface area contributed by atoms with E-state index < -0.39 is 0 Å². The fraction of sp³-hybridized carbons (Fsp3) is 0.391. The minimum atomic E-state index is 0.00577. The van der Waals surface area contributed by atoms with E-state index in [9.17, 15) is 9.59 Å². The number of aryl methyl sites for hydroxylation is 1. The van der Waals surface area contributed by atoms with Crippen LogP contribution in [0.5, 0.6) is 0 Å². The molecule has 1 aliphatic heterocycles. The molecule has 0 bridgehead atoms. The van der Waals surface area contributed by atoms with Crippen LogP contribution in [0.15, 0.2) is 54.6 Å². The molecule has 3 rings (SSSR count). The number of benzene rings is 2.